The highest BCUT2D eigenvalue weighted by Gasteiger charge is 2.66. The van der Waals surface area contributed by atoms with E-state index in [-0.39, 0.29) is 23.1 Å². The van der Waals surface area contributed by atoms with Crippen molar-refractivity contribution in [1.29, 1.82) is 0 Å². The molecule has 0 aromatic heterocycles. The van der Waals surface area contributed by atoms with Gasteiger partial charge in [-0.3, -0.25) is 25.0 Å². The Bertz CT molecular complexity index is 1490. The number of nitrogens with zero attached hydrogens (tertiary/aromatic N) is 2. The second-order valence-corrected chi connectivity index (χ2v) is 12.8. The largest absolute Gasteiger partial charge is 0.481 e. The fourth-order valence-electron chi connectivity index (χ4n) is 8.10. The Kier molecular flexibility index (Phi) is 9.11. The maximum Gasteiger partial charge on any atom is 0.312 e. The monoisotopic (exact) mass is 614 g/mol. The Morgan fingerprint density at radius 1 is 0.933 bits per heavy atom. The molecule has 10 heteroatoms. The molecule has 2 fully saturated rings. The molecule has 5 rings (SSSR count). The predicted octanol–water partition coefficient (Wildman–Crippen LogP) is 4.98. The van der Waals surface area contributed by atoms with Gasteiger partial charge in [-0.15, -0.1) is 0 Å². The molecule has 2 aliphatic rings. The fourth-order valence-corrected chi connectivity index (χ4v) is 8.10. The van der Waals surface area contributed by atoms with Crippen LogP contribution in [0, 0.1) is 20.9 Å². The molecular weight excluding hydrogens is 572 g/mol. The highest BCUT2D eigenvalue weighted by Crippen LogP contribution is 2.58. The van der Waals surface area contributed by atoms with E-state index in [4.69, 9.17) is 5.73 Å². The first-order valence-electron chi connectivity index (χ1n) is 15.5. The summed E-state index contributed by atoms with van der Waals surface area (Å²) in [5.41, 5.74) is 5.06. The Labute approximate surface area is 263 Å². The molecule has 5 atom stereocenters. The lowest BCUT2D eigenvalue weighted by Gasteiger charge is -2.55. The van der Waals surface area contributed by atoms with Crippen molar-refractivity contribution < 1.29 is 24.7 Å². The van der Waals surface area contributed by atoms with E-state index in [2.05, 4.69) is 58.7 Å². The van der Waals surface area contributed by atoms with Crippen molar-refractivity contribution in [3.8, 4) is 0 Å². The summed E-state index contributed by atoms with van der Waals surface area (Å²) in [6.07, 6.45) is 1.24. The summed E-state index contributed by atoms with van der Waals surface area (Å²) in [5, 5.41) is 36.6. The average molecular weight is 615 g/mol. The number of hydrogen-bond donors (Lipinski definition) is 4. The van der Waals surface area contributed by atoms with Crippen LogP contribution >= 0.6 is 0 Å². The third kappa shape index (κ3) is 5.51. The molecule has 0 spiro atoms. The van der Waals surface area contributed by atoms with Crippen LogP contribution in [0.5, 0.6) is 0 Å². The van der Waals surface area contributed by atoms with Crippen LogP contribution in [0.4, 0.5) is 5.69 Å². The molecule has 4 unspecified atom stereocenters. The molecule has 0 radical (unpaired) electrons. The third-order valence-electron chi connectivity index (χ3n) is 10.7. The van der Waals surface area contributed by atoms with Crippen molar-refractivity contribution in [2.45, 2.75) is 63.1 Å². The van der Waals surface area contributed by atoms with E-state index < -0.39 is 45.8 Å². The Hall–Kier alpha value is -4.12. The average Bonchev–Trinajstić information content (AvgIpc) is 3.04. The molecule has 0 amide bonds. The molecule has 10 nitrogen and oxygen atoms in total. The normalized spacial score (nSPS) is 28.3. The maximum atomic E-state index is 13.4. The number of hydrogen-bond acceptors (Lipinski definition) is 7. The number of nitrogens with two attached hydrogens (primary N) is 1. The number of aliphatic carboxylic acids is 2. The number of para-hydroxylation sites is 1. The van der Waals surface area contributed by atoms with Crippen molar-refractivity contribution in [2.75, 3.05) is 19.6 Å². The molecule has 0 aliphatic carbocycles. The summed E-state index contributed by atoms with van der Waals surface area (Å²) in [6, 6.07) is 26.2. The fraction of sp³-hybridized carbons (Fsp3) is 0.429. The van der Waals surface area contributed by atoms with E-state index in [9.17, 15) is 29.9 Å². The van der Waals surface area contributed by atoms with Gasteiger partial charge in [-0.1, -0.05) is 78.9 Å². The van der Waals surface area contributed by atoms with Crippen LogP contribution in [0.25, 0.3) is 0 Å². The SMILES string of the molecule is CC1NC(N)C(C)(C(=O)O)[C@H](c2ccccc2[N+](=O)[O-])C1(CCCN1CCC(c2ccccc2)(c2ccccc2)CC1)C(=O)O. The summed E-state index contributed by atoms with van der Waals surface area (Å²) in [5.74, 6) is -3.77. The van der Waals surface area contributed by atoms with E-state index >= 15 is 0 Å². The minimum Gasteiger partial charge on any atom is -0.481 e. The number of piperidine rings is 2. The first-order valence-corrected chi connectivity index (χ1v) is 15.5. The smallest absolute Gasteiger partial charge is 0.312 e. The first-order chi connectivity index (χ1) is 21.5. The molecular formula is C35H42N4O6. The number of benzene rings is 3. The number of carboxylic acid groups (broad SMARTS) is 2. The van der Waals surface area contributed by atoms with Gasteiger partial charge in [0.15, 0.2) is 0 Å². The number of likely N-dealkylation sites (tertiary alicyclic amines) is 1. The summed E-state index contributed by atoms with van der Waals surface area (Å²) in [6.45, 7) is 5.31. The molecule has 0 bridgehead atoms. The molecule has 2 saturated heterocycles. The minimum absolute atomic E-state index is 0.0760. The van der Waals surface area contributed by atoms with Crippen LogP contribution in [0.2, 0.25) is 0 Å². The molecule has 2 heterocycles. The Morgan fingerprint density at radius 2 is 1.47 bits per heavy atom. The van der Waals surface area contributed by atoms with Gasteiger partial charge in [0, 0.05) is 29.0 Å². The summed E-state index contributed by atoms with van der Waals surface area (Å²) in [7, 11) is 0. The molecule has 5 N–H and O–H groups in total. The van der Waals surface area contributed by atoms with Crippen molar-refractivity contribution >= 4 is 17.6 Å². The molecule has 3 aromatic rings. The third-order valence-corrected chi connectivity index (χ3v) is 10.7. The zero-order valence-corrected chi connectivity index (χ0v) is 25.8. The van der Waals surface area contributed by atoms with Crippen molar-refractivity contribution in [1.82, 2.24) is 10.2 Å². The molecule has 0 saturated carbocycles. The zero-order chi connectivity index (χ0) is 32.4. The van der Waals surface area contributed by atoms with Gasteiger partial charge in [0.25, 0.3) is 5.69 Å². The summed E-state index contributed by atoms with van der Waals surface area (Å²) in [4.78, 5) is 40.2. The number of nitrogens with one attached hydrogen (secondary N) is 1. The standard InChI is InChI=1S/C35H42N4O6/c1-24-35(32(42)43,29(33(2,31(40)41)30(36)37-24)27-16-9-10-17-28(27)39(44)45)18-11-21-38-22-19-34(20-23-38,25-12-5-3-6-13-25)26-14-7-4-8-15-26/h3-10,12-17,24,29-30,37H,11,18-23,36H2,1-2H3,(H,40,41)(H,42,43)/t24?,29-,30?,33?,35?/m0/s1. The van der Waals surface area contributed by atoms with Crippen molar-refractivity contribution in [2.24, 2.45) is 16.6 Å². The first kappa shape index (κ1) is 32.3. The van der Waals surface area contributed by atoms with Crippen LogP contribution < -0.4 is 11.1 Å². The van der Waals surface area contributed by atoms with Gasteiger partial charge >= 0.3 is 11.9 Å². The highest BCUT2D eigenvalue weighted by atomic mass is 16.6. The number of carbonyl (C=O) groups is 2. The molecule has 2 aliphatic heterocycles. The quantitative estimate of drug-likeness (QED) is 0.182. The minimum atomic E-state index is -1.84. The molecule has 45 heavy (non-hydrogen) atoms. The number of carboxylic acids is 2. The molecule has 3 aromatic carbocycles. The van der Waals surface area contributed by atoms with E-state index in [1.807, 2.05) is 12.1 Å². The van der Waals surface area contributed by atoms with Crippen LogP contribution in [0.1, 0.15) is 62.1 Å². The van der Waals surface area contributed by atoms with Gasteiger partial charge in [0.2, 0.25) is 0 Å². The second kappa shape index (κ2) is 12.7. The highest BCUT2D eigenvalue weighted by molar-refractivity contribution is 5.84. The Morgan fingerprint density at radius 3 is 1.98 bits per heavy atom. The summed E-state index contributed by atoms with van der Waals surface area (Å²) >= 11 is 0. The lowest BCUT2D eigenvalue weighted by molar-refractivity contribution is -0.386. The lowest BCUT2D eigenvalue weighted by Crippen LogP contribution is -2.72. The maximum absolute atomic E-state index is 13.4. The second-order valence-electron chi connectivity index (χ2n) is 12.8. The predicted molar refractivity (Wildman–Crippen MR) is 171 cm³/mol. The van der Waals surface area contributed by atoms with E-state index in [0.717, 1.165) is 25.9 Å². The summed E-state index contributed by atoms with van der Waals surface area (Å²) < 4.78 is 0. The van der Waals surface area contributed by atoms with Crippen LogP contribution in [0.15, 0.2) is 84.9 Å². The van der Waals surface area contributed by atoms with Gasteiger partial charge < -0.3 is 20.8 Å². The van der Waals surface area contributed by atoms with Crippen molar-refractivity contribution in [3.63, 3.8) is 0 Å². The van der Waals surface area contributed by atoms with Crippen molar-refractivity contribution in [3.05, 3.63) is 112 Å². The van der Waals surface area contributed by atoms with Gasteiger partial charge in [0.1, 0.15) is 5.41 Å². The topological polar surface area (TPSA) is 159 Å². The van der Waals surface area contributed by atoms with Gasteiger partial charge in [-0.2, -0.15) is 0 Å². The van der Waals surface area contributed by atoms with E-state index in [0.29, 0.717) is 13.0 Å². The molecule has 238 valence electrons. The van der Waals surface area contributed by atoms with Gasteiger partial charge in [0.05, 0.1) is 16.5 Å². The van der Waals surface area contributed by atoms with E-state index in [1.54, 1.807) is 13.0 Å². The van der Waals surface area contributed by atoms with Gasteiger partial charge in [-0.05, 0) is 70.3 Å². The number of nitro benzene ring substituents is 1. The zero-order valence-electron chi connectivity index (χ0n) is 25.8. The van der Waals surface area contributed by atoms with E-state index in [1.165, 1.54) is 36.2 Å². The lowest BCUT2D eigenvalue weighted by atomic mass is 9.52. The number of rotatable bonds is 10. The van der Waals surface area contributed by atoms with Crippen LogP contribution in [0.3, 0.4) is 0 Å². The Balaban J connectivity index is 1.43. The van der Waals surface area contributed by atoms with Crippen LogP contribution in [-0.4, -0.2) is 63.8 Å². The van der Waals surface area contributed by atoms with Crippen LogP contribution in [-0.2, 0) is 15.0 Å². The number of nitro groups is 1. The van der Waals surface area contributed by atoms with Gasteiger partial charge in [-0.25, -0.2) is 0 Å².